The summed E-state index contributed by atoms with van der Waals surface area (Å²) in [5, 5.41) is 0.823. The van der Waals surface area contributed by atoms with Gasteiger partial charge in [-0.25, -0.2) is 0 Å². The second kappa shape index (κ2) is 14.5. The van der Waals surface area contributed by atoms with Gasteiger partial charge in [0.15, 0.2) is 12.2 Å². The maximum Gasteiger partial charge on any atom is 0.312 e. The molecule has 12 heteroatoms. The molecule has 0 spiro atoms. The minimum Gasteiger partial charge on any atom is -0.463 e. The highest BCUT2D eigenvalue weighted by molar-refractivity contribution is 5.87. The van der Waals surface area contributed by atoms with Crippen molar-refractivity contribution in [3.63, 3.8) is 0 Å². The molecule has 1 aliphatic rings. The molecule has 5 atom stereocenters. The van der Waals surface area contributed by atoms with Gasteiger partial charge in [-0.05, 0) is 11.6 Å². The number of ether oxygens (including phenoxy) is 6. The topological polar surface area (TPSA) is 157 Å². The molecule has 0 unspecified atom stereocenters. The van der Waals surface area contributed by atoms with Gasteiger partial charge in [0.2, 0.25) is 12.4 Å². The lowest BCUT2D eigenvalue weighted by Crippen LogP contribution is -2.63. The van der Waals surface area contributed by atoms with Crippen molar-refractivity contribution in [1.29, 1.82) is 0 Å². The van der Waals surface area contributed by atoms with Crippen LogP contribution >= 0.6 is 0 Å². The molecule has 1 aromatic heterocycles. The van der Waals surface area contributed by atoms with Gasteiger partial charge in [-0.15, -0.1) is 0 Å². The van der Waals surface area contributed by atoms with E-state index in [2.05, 4.69) is 4.98 Å². The molecule has 0 aliphatic carbocycles. The summed E-state index contributed by atoms with van der Waals surface area (Å²) in [7, 11) is 0. The SMILES string of the molecule is CCC(=O)OC[C@H]1O[C@@H](OC(=O)Cc2c[nH]c3ccccc23)[C@H](OC(=O)CC)[C@@H](OC(=O)CC)[C@@H]1OC(=O)CC. The predicted molar refractivity (Wildman–Crippen MR) is 139 cm³/mol. The van der Waals surface area contributed by atoms with Crippen molar-refractivity contribution < 1.29 is 52.4 Å². The fourth-order valence-electron chi connectivity index (χ4n) is 4.10. The first-order valence-electron chi connectivity index (χ1n) is 13.3. The number of para-hydroxylation sites is 1. The largest absolute Gasteiger partial charge is 0.463 e. The molecule has 1 fully saturated rings. The Morgan fingerprint density at radius 1 is 0.725 bits per heavy atom. The molecule has 0 radical (unpaired) electrons. The first kappa shape index (κ1) is 30.6. The summed E-state index contributed by atoms with van der Waals surface area (Å²) >= 11 is 0. The molecule has 12 nitrogen and oxygen atoms in total. The van der Waals surface area contributed by atoms with Crippen LogP contribution in [-0.2, 0) is 58.8 Å². The Morgan fingerprint density at radius 2 is 1.30 bits per heavy atom. The molecule has 2 heterocycles. The van der Waals surface area contributed by atoms with Crippen LogP contribution in [0.2, 0.25) is 0 Å². The van der Waals surface area contributed by atoms with E-state index in [4.69, 9.17) is 28.4 Å². The standard InChI is InChI=1S/C28H35NO11/c1-5-20(30)35-15-19-25(37-21(31)6-2)26(38-22(32)7-3)27(39-23(33)8-4)28(36-19)40-24(34)13-16-14-29-18-12-10-9-11-17(16)18/h9-12,14,19,25-29H,5-8,13,15H2,1-4H3/t19-,25-,26+,27-,28+/m1/s1. The molecular weight excluding hydrogens is 526 g/mol. The van der Waals surface area contributed by atoms with Crippen LogP contribution in [0.25, 0.3) is 10.9 Å². The molecule has 0 amide bonds. The van der Waals surface area contributed by atoms with Gasteiger partial charge in [0.25, 0.3) is 0 Å². The van der Waals surface area contributed by atoms with Crippen LogP contribution in [0.15, 0.2) is 30.5 Å². The summed E-state index contributed by atoms with van der Waals surface area (Å²) in [6.07, 6.45) is -5.49. The molecule has 0 saturated carbocycles. The first-order chi connectivity index (χ1) is 19.2. The fraction of sp³-hybridized carbons (Fsp3) is 0.536. The normalized spacial score (nSPS) is 22.2. The lowest BCUT2D eigenvalue weighted by atomic mass is 9.98. The maximum atomic E-state index is 13.1. The second-order valence-electron chi connectivity index (χ2n) is 9.03. The van der Waals surface area contributed by atoms with Gasteiger partial charge in [-0.3, -0.25) is 24.0 Å². The molecule has 1 N–H and O–H groups in total. The number of fused-ring (bicyclic) bond motifs is 1. The van der Waals surface area contributed by atoms with Gasteiger partial charge in [0, 0.05) is 42.8 Å². The fourth-order valence-corrected chi connectivity index (χ4v) is 4.10. The van der Waals surface area contributed by atoms with Crippen LogP contribution in [0.5, 0.6) is 0 Å². The Labute approximate surface area is 231 Å². The number of carbonyl (C=O) groups is 5. The Kier molecular flexibility index (Phi) is 11.1. The van der Waals surface area contributed by atoms with Gasteiger partial charge in [0.1, 0.15) is 12.7 Å². The molecule has 1 aromatic carbocycles. The Balaban J connectivity index is 1.95. The third-order valence-electron chi connectivity index (χ3n) is 6.21. The van der Waals surface area contributed by atoms with E-state index in [9.17, 15) is 24.0 Å². The van der Waals surface area contributed by atoms with Crippen LogP contribution in [0.3, 0.4) is 0 Å². The Bertz CT molecular complexity index is 1210. The number of aromatic amines is 1. The van der Waals surface area contributed by atoms with Gasteiger partial charge in [-0.1, -0.05) is 45.9 Å². The summed E-state index contributed by atoms with van der Waals surface area (Å²) in [6.45, 7) is 5.87. The number of nitrogens with one attached hydrogen (secondary N) is 1. The van der Waals surface area contributed by atoms with Crippen LogP contribution in [0, 0.1) is 0 Å². The molecule has 218 valence electrons. The number of hydrogen-bond acceptors (Lipinski definition) is 11. The highest BCUT2D eigenvalue weighted by Gasteiger charge is 2.54. The second-order valence-corrected chi connectivity index (χ2v) is 9.03. The molecule has 3 rings (SSSR count). The summed E-state index contributed by atoms with van der Waals surface area (Å²) in [6, 6.07) is 7.40. The lowest BCUT2D eigenvalue weighted by molar-refractivity contribution is -0.301. The van der Waals surface area contributed by atoms with E-state index in [1.165, 1.54) is 0 Å². The minimum atomic E-state index is -1.57. The average molecular weight is 562 g/mol. The Hall–Kier alpha value is -3.93. The van der Waals surface area contributed by atoms with Gasteiger partial charge in [0.05, 0.1) is 6.42 Å². The van der Waals surface area contributed by atoms with Crippen LogP contribution in [0.4, 0.5) is 0 Å². The number of carbonyl (C=O) groups excluding carboxylic acids is 5. The third-order valence-corrected chi connectivity index (χ3v) is 6.21. The highest BCUT2D eigenvalue weighted by Crippen LogP contribution is 2.31. The lowest BCUT2D eigenvalue weighted by Gasteiger charge is -2.43. The predicted octanol–water partition coefficient (Wildman–Crippen LogP) is 2.90. The molecular formula is C28H35NO11. The van der Waals surface area contributed by atoms with E-state index in [1.807, 2.05) is 24.3 Å². The summed E-state index contributed by atoms with van der Waals surface area (Å²) in [5.74, 6) is -3.32. The van der Waals surface area contributed by atoms with E-state index in [0.717, 1.165) is 10.9 Å². The van der Waals surface area contributed by atoms with Crippen LogP contribution in [-0.4, -0.2) is 72.1 Å². The van der Waals surface area contributed by atoms with Gasteiger partial charge >= 0.3 is 29.8 Å². The third kappa shape index (κ3) is 7.81. The van der Waals surface area contributed by atoms with Crippen molar-refractivity contribution in [2.75, 3.05) is 6.61 Å². The van der Waals surface area contributed by atoms with Crippen molar-refractivity contribution >= 4 is 40.7 Å². The van der Waals surface area contributed by atoms with Crippen LogP contribution < -0.4 is 0 Å². The monoisotopic (exact) mass is 561 g/mol. The van der Waals surface area contributed by atoms with E-state index in [-0.39, 0.29) is 32.1 Å². The molecule has 40 heavy (non-hydrogen) atoms. The quantitative estimate of drug-likeness (QED) is 0.300. The minimum absolute atomic E-state index is 0.0190. The number of benzene rings is 1. The number of rotatable bonds is 12. The van der Waals surface area contributed by atoms with E-state index in [1.54, 1.807) is 33.9 Å². The maximum absolute atomic E-state index is 13.1. The molecule has 0 bridgehead atoms. The highest BCUT2D eigenvalue weighted by atomic mass is 16.7. The Morgan fingerprint density at radius 3 is 1.93 bits per heavy atom. The number of aromatic nitrogens is 1. The average Bonchev–Trinajstić information content (AvgIpc) is 3.36. The summed E-state index contributed by atoms with van der Waals surface area (Å²) in [5.41, 5.74) is 1.49. The number of H-pyrrole nitrogens is 1. The number of esters is 5. The summed E-state index contributed by atoms with van der Waals surface area (Å²) in [4.78, 5) is 65.2. The molecule has 2 aromatic rings. The van der Waals surface area contributed by atoms with Crippen molar-refractivity contribution in [2.24, 2.45) is 0 Å². The zero-order chi connectivity index (χ0) is 29.2. The number of hydrogen-bond donors (Lipinski definition) is 1. The molecule has 1 aliphatic heterocycles. The van der Waals surface area contributed by atoms with Crippen molar-refractivity contribution in [3.05, 3.63) is 36.0 Å². The van der Waals surface area contributed by atoms with E-state index >= 15 is 0 Å². The van der Waals surface area contributed by atoms with Gasteiger partial charge < -0.3 is 33.4 Å². The van der Waals surface area contributed by atoms with Gasteiger partial charge in [-0.2, -0.15) is 0 Å². The smallest absolute Gasteiger partial charge is 0.312 e. The van der Waals surface area contributed by atoms with Crippen molar-refractivity contribution in [2.45, 2.75) is 90.5 Å². The van der Waals surface area contributed by atoms with E-state index in [0.29, 0.717) is 5.56 Å². The molecule has 1 saturated heterocycles. The van der Waals surface area contributed by atoms with E-state index < -0.39 is 67.2 Å². The first-order valence-corrected chi connectivity index (χ1v) is 13.3. The van der Waals surface area contributed by atoms with Crippen molar-refractivity contribution in [3.8, 4) is 0 Å². The zero-order valence-electron chi connectivity index (χ0n) is 23.0. The van der Waals surface area contributed by atoms with Crippen molar-refractivity contribution in [1.82, 2.24) is 4.98 Å². The zero-order valence-corrected chi connectivity index (χ0v) is 23.0. The summed E-state index contributed by atoms with van der Waals surface area (Å²) < 4.78 is 33.5. The van der Waals surface area contributed by atoms with Crippen LogP contribution in [0.1, 0.15) is 58.9 Å².